The molecule has 28 heavy (non-hydrogen) atoms. The Morgan fingerprint density at radius 3 is 2.82 bits per heavy atom. The summed E-state index contributed by atoms with van der Waals surface area (Å²) in [4.78, 5) is 4.94. The number of guanidine groups is 1. The molecule has 6 heteroatoms. The summed E-state index contributed by atoms with van der Waals surface area (Å²) in [7, 11) is 0. The van der Waals surface area contributed by atoms with Crippen molar-refractivity contribution in [2.45, 2.75) is 70.6 Å². The maximum absolute atomic E-state index is 5.97. The van der Waals surface area contributed by atoms with Crippen molar-refractivity contribution in [2.24, 2.45) is 28.2 Å². The second-order valence-electron chi connectivity index (χ2n) is 9.67. The van der Waals surface area contributed by atoms with Crippen LogP contribution in [0.3, 0.4) is 0 Å². The Morgan fingerprint density at radius 1 is 1.21 bits per heavy atom. The highest BCUT2D eigenvalue weighted by Crippen LogP contribution is 2.52. The number of nitrogens with one attached hydrogen (secondary N) is 2. The molecule has 1 aromatic heterocycles. The van der Waals surface area contributed by atoms with E-state index in [1.54, 1.807) is 6.26 Å². The maximum atomic E-state index is 5.97. The van der Waals surface area contributed by atoms with Gasteiger partial charge in [-0.15, -0.1) is 24.0 Å². The molecule has 4 fully saturated rings. The van der Waals surface area contributed by atoms with Gasteiger partial charge in [-0.3, -0.25) is 4.99 Å². The van der Waals surface area contributed by atoms with Crippen LogP contribution in [0.4, 0.5) is 0 Å². The largest absolute Gasteiger partial charge is 0.469 e. The molecule has 1 saturated heterocycles. The molecule has 0 radical (unpaired) electrons. The summed E-state index contributed by atoms with van der Waals surface area (Å²) in [6, 6.07) is 5.01. The molecular formula is C22H34IN3O2. The number of rotatable bonds is 5. The Morgan fingerprint density at radius 2 is 2.11 bits per heavy atom. The van der Waals surface area contributed by atoms with Gasteiger partial charge in [-0.05, 0) is 49.7 Å². The first-order chi connectivity index (χ1) is 13.1. The number of hydrogen-bond donors (Lipinski definition) is 2. The van der Waals surface area contributed by atoms with E-state index in [2.05, 4.69) is 24.5 Å². The van der Waals surface area contributed by atoms with Crippen LogP contribution in [-0.2, 0) is 11.2 Å². The van der Waals surface area contributed by atoms with Crippen molar-refractivity contribution in [3.05, 3.63) is 24.2 Å². The molecule has 3 aliphatic carbocycles. The molecule has 6 atom stereocenters. The van der Waals surface area contributed by atoms with Crippen molar-refractivity contribution < 1.29 is 9.15 Å². The van der Waals surface area contributed by atoms with Crippen LogP contribution in [-0.4, -0.2) is 37.3 Å². The van der Waals surface area contributed by atoms with E-state index in [4.69, 9.17) is 14.1 Å². The molecule has 156 valence electrons. The third-order valence-electron chi connectivity index (χ3n) is 7.66. The van der Waals surface area contributed by atoms with Crippen LogP contribution in [0.25, 0.3) is 0 Å². The number of nitrogens with zero attached hydrogens (tertiary/aromatic N) is 1. The van der Waals surface area contributed by atoms with Crippen molar-refractivity contribution in [3.63, 3.8) is 0 Å². The molecule has 0 spiro atoms. The lowest BCUT2D eigenvalue weighted by Gasteiger charge is -2.55. The fraction of sp³-hybridized carbons (Fsp3) is 0.773. The SMILES string of the molecule is CC1(C)C(NC(=NCCc2ccco2)NC2CC3CCC2C3)C2CCOC21.I. The van der Waals surface area contributed by atoms with Crippen LogP contribution >= 0.6 is 24.0 Å². The Bertz CT molecular complexity index is 690. The van der Waals surface area contributed by atoms with Crippen molar-refractivity contribution in [1.82, 2.24) is 10.6 Å². The second-order valence-corrected chi connectivity index (χ2v) is 9.67. The average Bonchev–Trinajstić information content (AvgIpc) is 3.43. The molecule has 5 rings (SSSR count). The minimum atomic E-state index is 0. The molecular weight excluding hydrogens is 465 g/mol. The standard InChI is InChI=1S/C22H33N3O2.HI/c1-22(2)19(17-8-11-27-20(17)22)25-21(23-9-7-16-4-3-10-26-16)24-18-13-14-5-6-15(18)12-14;/h3-4,10,14-15,17-20H,5-9,11-13H2,1-2H3,(H2,23,24,25);1H. The van der Waals surface area contributed by atoms with E-state index in [9.17, 15) is 0 Å². The number of fused-ring (bicyclic) bond motifs is 3. The molecule has 1 aliphatic heterocycles. The van der Waals surface area contributed by atoms with Crippen molar-refractivity contribution >= 4 is 29.9 Å². The van der Waals surface area contributed by atoms with E-state index < -0.39 is 0 Å². The summed E-state index contributed by atoms with van der Waals surface area (Å²) in [6.45, 7) is 6.31. The van der Waals surface area contributed by atoms with Gasteiger partial charge in [0.15, 0.2) is 5.96 Å². The van der Waals surface area contributed by atoms with Gasteiger partial charge in [0.1, 0.15) is 5.76 Å². The number of halogens is 1. The highest BCUT2D eigenvalue weighted by Gasteiger charge is 2.59. The van der Waals surface area contributed by atoms with Gasteiger partial charge in [-0.2, -0.15) is 0 Å². The van der Waals surface area contributed by atoms with E-state index in [1.807, 2.05) is 12.1 Å². The summed E-state index contributed by atoms with van der Waals surface area (Å²) in [5.74, 6) is 4.40. The smallest absolute Gasteiger partial charge is 0.191 e. The lowest BCUT2D eigenvalue weighted by atomic mass is 9.57. The van der Waals surface area contributed by atoms with Gasteiger partial charge in [-0.25, -0.2) is 0 Å². The molecule has 6 unspecified atom stereocenters. The molecule has 0 amide bonds. The first-order valence-electron chi connectivity index (χ1n) is 10.8. The lowest BCUT2D eigenvalue weighted by molar-refractivity contribution is -0.106. The van der Waals surface area contributed by atoms with Gasteiger partial charge in [-0.1, -0.05) is 20.3 Å². The molecule has 2 heterocycles. The second kappa shape index (κ2) is 8.17. The molecule has 3 saturated carbocycles. The van der Waals surface area contributed by atoms with Crippen LogP contribution in [0.5, 0.6) is 0 Å². The van der Waals surface area contributed by atoms with Crippen LogP contribution in [0, 0.1) is 23.2 Å². The van der Waals surface area contributed by atoms with Gasteiger partial charge in [0.2, 0.25) is 0 Å². The summed E-state index contributed by atoms with van der Waals surface area (Å²) in [5.41, 5.74) is 0.166. The summed E-state index contributed by atoms with van der Waals surface area (Å²) < 4.78 is 11.4. The molecule has 5 nitrogen and oxygen atoms in total. The monoisotopic (exact) mass is 499 g/mol. The Kier molecular flexibility index (Phi) is 5.98. The highest BCUT2D eigenvalue weighted by molar-refractivity contribution is 14.0. The van der Waals surface area contributed by atoms with Crippen LogP contribution in [0.1, 0.15) is 51.7 Å². The highest BCUT2D eigenvalue weighted by atomic mass is 127. The summed E-state index contributed by atoms with van der Waals surface area (Å²) >= 11 is 0. The van der Waals surface area contributed by atoms with Gasteiger partial charge in [0.25, 0.3) is 0 Å². The van der Waals surface area contributed by atoms with Crippen LogP contribution in [0.2, 0.25) is 0 Å². The Labute approximate surface area is 185 Å². The number of furan rings is 1. The zero-order chi connectivity index (χ0) is 18.4. The molecule has 0 aromatic carbocycles. The van der Waals surface area contributed by atoms with E-state index in [0.717, 1.165) is 43.1 Å². The van der Waals surface area contributed by atoms with E-state index in [0.29, 0.717) is 24.1 Å². The molecule has 4 aliphatic rings. The maximum Gasteiger partial charge on any atom is 0.191 e. The van der Waals surface area contributed by atoms with Gasteiger partial charge < -0.3 is 19.8 Å². The first-order valence-corrected chi connectivity index (χ1v) is 10.8. The predicted molar refractivity (Wildman–Crippen MR) is 121 cm³/mol. The zero-order valence-electron chi connectivity index (χ0n) is 17.0. The average molecular weight is 499 g/mol. The van der Waals surface area contributed by atoms with E-state index in [1.165, 1.54) is 32.1 Å². The van der Waals surface area contributed by atoms with Gasteiger partial charge in [0.05, 0.1) is 12.4 Å². The van der Waals surface area contributed by atoms with Crippen LogP contribution in [0.15, 0.2) is 27.8 Å². The molecule has 2 N–H and O–H groups in total. The fourth-order valence-corrected chi connectivity index (χ4v) is 6.23. The number of ether oxygens (including phenoxy) is 1. The van der Waals surface area contributed by atoms with Gasteiger partial charge in [0, 0.05) is 43.0 Å². The summed E-state index contributed by atoms with van der Waals surface area (Å²) in [5, 5.41) is 7.62. The Balaban J connectivity index is 0.00000192. The van der Waals surface area contributed by atoms with Crippen molar-refractivity contribution in [1.29, 1.82) is 0 Å². The van der Waals surface area contributed by atoms with E-state index in [-0.39, 0.29) is 29.4 Å². The van der Waals surface area contributed by atoms with Crippen molar-refractivity contribution in [3.8, 4) is 0 Å². The van der Waals surface area contributed by atoms with Crippen molar-refractivity contribution in [2.75, 3.05) is 13.2 Å². The molecule has 2 bridgehead atoms. The number of hydrogen-bond acceptors (Lipinski definition) is 3. The first kappa shape index (κ1) is 20.5. The quantitative estimate of drug-likeness (QED) is 0.366. The summed E-state index contributed by atoms with van der Waals surface area (Å²) in [6.07, 6.45) is 9.69. The topological polar surface area (TPSA) is 58.8 Å². The Hall–Kier alpha value is -0.760. The number of aliphatic imine (C=N–C) groups is 1. The third kappa shape index (κ3) is 3.71. The minimum Gasteiger partial charge on any atom is -0.469 e. The fourth-order valence-electron chi connectivity index (χ4n) is 6.23. The minimum absolute atomic E-state index is 0. The van der Waals surface area contributed by atoms with Gasteiger partial charge >= 0.3 is 0 Å². The lowest BCUT2D eigenvalue weighted by Crippen LogP contribution is -2.68. The molecule has 1 aromatic rings. The van der Waals surface area contributed by atoms with E-state index >= 15 is 0 Å². The zero-order valence-corrected chi connectivity index (χ0v) is 19.4. The predicted octanol–water partition coefficient (Wildman–Crippen LogP) is 3.98. The third-order valence-corrected chi connectivity index (χ3v) is 7.66. The normalized spacial score (nSPS) is 37.9. The van der Waals surface area contributed by atoms with Crippen LogP contribution < -0.4 is 10.6 Å².